The van der Waals surface area contributed by atoms with E-state index < -0.39 is 0 Å². The fourth-order valence-electron chi connectivity index (χ4n) is 0. The monoisotopic (exact) mass is 316 g/mol. The molecule has 0 aliphatic heterocycles. The van der Waals surface area contributed by atoms with Gasteiger partial charge in [-0.3, -0.25) is 9.41 Å². The summed E-state index contributed by atoms with van der Waals surface area (Å²) in [6.07, 6.45) is 0. The number of halogens is 7. The van der Waals surface area contributed by atoms with Crippen molar-refractivity contribution in [1.29, 1.82) is 0 Å². The molecule has 0 N–H and O–H groups in total. The van der Waals surface area contributed by atoms with Crippen LogP contribution in [0.4, 0.5) is 9.41 Å². The molecule has 0 unspecified atom stereocenters. The molecule has 0 aromatic carbocycles. The molecule has 8 heteroatoms. The fourth-order valence-corrected chi connectivity index (χ4v) is 0. The third-order valence-electron chi connectivity index (χ3n) is 0. The molecule has 0 saturated carbocycles. The van der Waals surface area contributed by atoms with Gasteiger partial charge in [-0.1, -0.05) is 0 Å². The minimum absolute atomic E-state index is 0. The van der Waals surface area contributed by atoms with Crippen LogP contribution in [-0.4, -0.2) is 0 Å². The van der Waals surface area contributed by atoms with Crippen molar-refractivity contribution in [2.75, 3.05) is 0 Å². The van der Waals surface area contributed by atoms with Crippen molar-refractivity contribution in [2.24, 2.45) is 0 Å². The van der Waals surface area contributed by atoms with E-state index in [1.54, 1.807) is 0 Å². The Morgan fingerprint density at radius 1 is 0.375 bits per heavy atom. The van der Waals surface area contributed by atoms with Gasteiger partial charge in [-0.15, -0.1) is 0 Å². The molecule has 0 bridgehead atoms. The van der Waals surface area contributed by atoms with Gasteiger partial charge in [0.15, 0.2) is 0 Å². The van der Waals surface area contributed by atoms with Crippen LogP contribution in [0, 0.1) is 0 Å². The van der Waals surface area contributed by atoms with Gasteiger partial charge in [0.1, 0.15) is 0 Å². The van der Waals surface area contributed by atoms with Crippen LogP contribution in [0.5, 0.6) is 0 Å². The van der Waals surface area contributed by atoms with Gasteiger partial charge in [0.2, 0.25) is 0 Å². The minimum atomic E-state index is 0. The van der Waals surface area contributed by atoms with E-state index in [2.05, 4.69) is 0 Å². The van der Waals surface area contributed by atoms with Gasteiger partial charge in [-0.05, 0) is 0 Å². The topological polar surface area (TPSA) is 0 Å². The van der Waals surface area contributed by atoms with E-state index in [1.807, 2.05) is 0 Å². The molecule has 0 rings (SSSR count). The Bertz CT molecular complexity index is 4.35. The standard InChI is InChI=1S/7FH.Ta/h7*1H;/q;;;;;;;+5/p-5. The van der Waals surface area contributed by atoms with Gasteiger partial charge in [0, 0.05) is 0 Å². The summed E-state index contributed by atoms with van der Waals surface area (Å²) in [7, 11) is 0. The Kier molecular flexibility index (Phi) is 3910000. The van der Waals surface area contributed by atoms with Gasteiger partial charge in [-0.2, -0.15) is 0 Å². The van der Waals surface area contributed by atoms with Crippen molar-refractivity contribution in [1.82, 2.24) is 0 Å². The van der Waals surface area contributed by atoms with Gasteiger partial charge in [0.05, 0.1) is 0 Å². The molecule has 0 aromatic heterocycles. The van der Waals surface area contributed by atoms with Crippen LogP contribution >= 0.6 is 0 Å². The normalized spacial score (nSPS) is 0. The molecule has 0 aromatic rings. The van der Waals surface area contributed by atoms with E-state index in [1.165, 1.54) is 0 Å². The average molecular weight is 316 g/mol. The Labute approximate surface area is 56.1 Å². The first-order valence-electron chi connectivity index (χ1n) is 0. The summed E-state index contributed by atoms with van der Waals surface area (Å²) >= 11 is 0. The summed E-state index contributed by atoms with van der Waals surface area (Å²) in [6, 6.07) is 0. The average Bonchev–Trinajstić information content (AvgIpc) is 0. The Hall–Kier alpha value is 0.250. The van der Waals surface area contributed by atoms with Crippen molar-refractivity contribution in [2.45, 2.75) is 0 Å². The molecule has 0 heterocycles. The largest absolute Gasteiger partial charge is 5.00 e. The van der Waals surface area contributed by atoms with Crippen LogP contribution in [0.2, 0.25) is 0 Å². The Morgan fingerprint density at radius 3 is 0.375 bits per heavy atom. The molecule has 0 nitrogen and oxygen atoms in total. The predicted molar refractivity (Wildman–Crippen MR) is 5.01 cm³/mol. The van der Waals surface area contributed by atoms with Crippen LogP contribution in [0.15, 0.2) is 0 Å². The number of hydrogen-bond acceptors (Lipinski definition) is 0. The van der Waals surface area contributed by atoms with Crippen LogP contribution in [0.3, 0.4) is 0 Å². The predicted octanol–water partition coefficient (Wildman–Crippen LogP) is -14.7. The van der Waals surface area contributed by atoms with E-state index in [-0.39, 0.29) is 55.3 Å². The van der Waals surface area contributed by atoms with Crippen molar-refractivity contribution in [3.8, 4) is 0 Å². The molecule has 0 amide bonds. The van der Waals surface area contributed by atoms with E-state index in [9.17, 15) is 0 Å². The van der Waals surface area contributed by atoms with Gasteiger partial charge in [0.25, 0.3) is 0 Å². The third-order valence-corrected chi connectivity index (χ3v) is 0. The fraction of sp³-hybridized carbons (Fsp3) is 0. The van der Waals surface area contributed by atoms with Gasteiger partial charge in [-0.25, -0.2) is 0 Å². The van der Waals surface area contributed by atoms with Crippen LogP contribution in [-0.2, 0) is 22.4 Å². The SMILES string of the molecule is F.F.[F-].[F-].[F-].[F-].[F-].[Ta+5]. The molecule has 0 aliphatic carbocycles. The molecule has 0 saturated heterocycles. The van der Waals surface area contributed by atoms with Crippen LogP contribution in [0.25, 0.3) is 0 Å². The Balaban J connectivity index is 0. The van der Waals surface area contributed by atoms with Crippen LogP contribution < -0.4 is 23.5 Å². The molecule has 0 fully saturated rings. The summed E-state index contributed by atoms with van der Waals surface area (Å²) < 4.78 is 0. The molecular formula is H2F7Ta. The van der Waals surface area contributed by atoms with Crippen molar-refractivity contribution in [3.63, 3.8) is 0 Å². The van der Waals surface area contributed by atoms with E-state index in [4.69, 9.17) is 0 Å². The summed E-state index contributed by atoms with van der Waals surface area (Å²) in [5, 5.41) is 0. The summed E-state index contributed by atoms with van der Waals surface area (Å²) in [4.78, 5) is 0. The van der Waals surface area contributed by atoms with E-state index >= 15 is 0 Å². The second kappa shape index (κ2) is 4520. The van der Waals surface area contributed by atoms with Gasteiger partial charge < -0.3 is 23.5 Å². The molecule has 56 valence electrons. The van der Waals surface area contributed by atoms with E-state index in [0.29, 0.717) is 0 Å². The first-order valence-corrected chi connectivity index (χ1v) is 0. The maximum atomic E-state index is 0. The first kappa shape index (κ1) is 6920. The third kappa shape index (κ3) is 2750. The van der Waals surface area contributed by atoms with Crippen molar-refractivity contribution < 1.29 is 55.3 Å². The molecule has 0 atom stereocenters. The summed E-state index contributed by atoms with van der Waals surface area (Å²) in [5.41, 5.74) is 0. The van der Waals surface area contributed by atoms with E-state index in [0.717, 1.165) is 0 Å². The zero-order valence-electron chi connectivity index (χ0n) is 3.15. The minimum Gasteiger partial charge on any atom is -1.00 e. The smallest absolute Gasteiger partial charge is 1.00 e. The zero-order chi connectivity index (χ0) is 0. The number of hydrogen-bond donors (Lipinski definition) is 0. The maximum absolute atomic E-state index is 0. The first-order chi connectivity index (χ1) is 0. The number of rotatable bonds is 0. The quantitative estimate of drug-likeness (QED) is 0.390. The molecule has 0 aliphatic rings. The summed E-state index contributed by atoms with van der Waals surface area (Å²) in [5.74, 6) is 0. The second-order valence-corrected chi connectivity index (χ2v) is 0. The molecule has 0 radical (unpaired) electrons. The molecular weight excluding hydrogens is 314 g/mol. The maximum Gasteiger partial charge on any atom is 5.00 e. The second-order valence-electron chi connectivity index (χ2n) is 0. The summed E-state index contributed by atoms with van der Waals surface area (Å²) in [6.45, 7) is 0. The zero-order valence-corrected chi connectivity index (χ0v) is 6.37. The van der Waals surface area contributed by atoms with Crippen LogP contribution in [0.1, 0.15) is 0 Å². The Morgan fingerprint density at radius 2 is 0.375 bits per heavy atom. The van der Waals surface area contributed by atoms with Gasteiger partial charge >= 0.3 is 22.4 Å². The molecule has 0 spiro atoms. The molecule has 8 heavy (non-hydrogen) atoms. The van der Waals surface area contributed by atoms with Crippen molar-refractivity contribution >= 4 is 0 Å². The van der Waals surface area contributed by atoms with Crippen molar-refractivity contribution in [3.05, 3.63) is 0 Å².